The Morgan fingerprint density at radius 3 is 2.47 bits per heavy atom. The largest absolute Gasteiger partial charge is 0.398 e. The number of anilines is 1. The lowest BCUT2D eigenvalue weighted by molar-refractivity contribution is 0.618. The molecule has 2 rings (SSSR count). The highest BCUT2D eigenvalue weighted by Gasteiger charge is 2.06. The van der Waals surface area contributed by atoms with E-state index in [1.807, 2.05) is 31.2 Å². The Kier molecular flexibility index (Phi) is 3.69. The van der Waals surface area contributed by atoms with Crippen LogP contribution in [0.15, 0.2) is 47.4 Å². The summed E-state index contributed by atoms with van der Waals surface area (Å²) in [4.78, 5) is 1.12. The Morgan fingerprint density at radius 1 is 1.12 bits per heavy atom. The molecule has 0 atom stereocenters. The van der Waals surface area contributed by atoms with Crippen LogP contribution in [0.5, 0.6) is 0 Å². The Morgan fingerprint density at radius 2 is 1.82 bits per heavy atom. The summed E-state index contributed by atoms with van der Waals surface area (Å²) < 4.78 is 13.5. The van der Waals surface area contributed by atoms with Crippen LogP contribution in [0.3, 0.4) is 0 Å². The summed E-state index contributed by atoms with van der Waals surface area (Å²) in [5.41, 5.74) is 8.08. The first-order valence-corrected chi connectivity index (χ1v) is 6.37. The monoisotopic (exact) mass is 247 g/mol. The first-order chi connectivity index (χ1) is 8.16. The molecule has 0 bridgehead atoms. The first kappa shape index (κ1) is 12.0. The molecule has 2 aromatic rings. The van der Waals surface area contributed by atoms with Gasteiger partial charge in [-0.05, 0) is 31.2 Å². The molecule has 0 aliphatic heterocycles. The molecule has 0 saturated heterocycles. The van der Waals surface area contributed by atoms with E-state index in [2.05, 4.69) is 0 Å². The van der Waals surface area contributed by atoms with Crippen LogP contribution < -0.4 is 5.73 Å². The van der Waals surface area contributed by atoms with Crippen LogP contribution in [0, 0.1) is 12.7 Å². The van der Waals surface area contributed by atoms with Gasteiger partial charge in [-0.3, -0.25) is 0 Å². The molecule has 17 heavy (non-hydrogen) atoms. The fourth-order valence-corrected chi connectivity index (χ4v) is 2.46. The highest BCUT2D eigenvalue weighted by atomic mass is 32.2. The zero-order valence-corrected chi connectivity index (χ0v) is 10.4. The third-order valence-electron chi connectivity index (χ3n) is 2.56. The highest BCUT2D eigenvalue weighted by molar-refractivity contribution is 7.98. The quantitative estimate of drug-likeness (QED) is 0.655. The molecule has 2 aromatic carbocycles. The molecular weight excluding hydrogens is 233 g/mol. The molecule has 0 unspecified atom stereocenters. The van der Waals surface area contributed by atoms with Gasteiger partial charge in [0, 0.05) is 21.9 Å². The smallest absolute Gasteiger partial charge is 0.129 e. The van der Waals surface area contributed by atoms with Crippen LogP contribution in [0.1, 0.15) is 11.1 Å². The Hall–Kier alpha value is -1.48. The van der Waals surface area contributed by atoms with Crippen molar-refractivity contribution < 1.29 is 4.39 Å². The van der Waals surface area contributed by atoms with E-state index in [1.54, 1.807) is 23.9 Å². The minimum absolute atomic E-state index is 0.232. The van der Waals surface area contributed by atoms with Crippen molar-refractivity contribution in [3.8, 4) is 0 Å². The summed E-state index contributed by atoms with van der Waals surface area (Å²) in [5.74, 6) is 0.325. The number of nitrogen functional groups attached to an aromatic ring is 1. The predicted molar refractivity (Wildman–Crippen MR) is 71.6 cm³/mol. The summed E-state index contributed by atoms with van der Waals surface area (Å²) in [6, 6.07) is 13.0. The van der Waals surface area contributed by atoms with Crippen molar-refractivity contribution >= 4 is 17.4 Å². The van der Waals surface area contributed by atoms with Gasteiger partial charge in [-0.2, -0.15) is 0 Å². The molecule has 0 aliphatic carbocycles. The minimum Gasteiger partial charge on any atom is -0.398 e. The molecule has 0 saturated carbocycles. The summed E-state index contributed by atoms with van der Waals surface area (Å²) in [6.07, 6.45) is 0. The van der Waals surface area contributed by atoms with E-state index in [1.165, 1.54) is 11.6 Å². The number of rotatable bonds is 3. The second kappa shape index (κ2) is 5.23. The van der Waals surface area contributed by atoms with Crippen LogP contribution >= 0.6 is 11.8 Å². The average Bonchev–Trinajstić information content (AvgIpc) is 2.31. The standard InChI is InChI=1S/C14H14FNS/c1-10-5-7-11(8-6-10)17-9-12-13(15)3-2-4-14(12)16/h2-8H,9,16H2,1H3. The van der Waals surface area contributed by atoms with Crippen LogP contribution in [0.25, 0.3) is 0 Å². The van der Waals surface area contributed by atoms with Crippen LogP contribution in [-0.4, -0.2) is 0 Å². The number of benzene rings is 2. The number of thioether (sulfide) groups is 1. The molecule has 1 nitrogen and oxygen atoms in total. The van der Waals surface area contributed by atoms with Gasteiger partial charge in [0.1, 0.15) is 5.82 Å². The number of halogens is 1. The molecule has 0 aliphatic rings. The maximum absolute atomic E-state index is 13.5. The van der Waals surface area contributed by atoms with Crippen molar-refractivity contribution in [3.05, 3.63) is 59.4 Å². The van der Waals surface area contributed by atoms with E-state index < -0.39 is 0 Å². The molecule has 0 radical (unpaired) electrons. The van der Waals surface area contributed by atoms with Crippen LogP contribution in [-0.2, 0) is 5.75 Å². The van der Waals surface area contributed by atoms with E-state index in [0.717, 1.165) is 4.90 Å². The maximum atomic E-state index is 13.5. The zero-order valence-electron chi connectivity index (χ0n) is 9.61. The molecular formula is C14H14FNS. The predicted octanol–water partition coefficient (Wildman–Crippen LogP) is 4.01. The third-order valence-corrected chi connectivity index (χ3v) is 3.60. The number of nitrogens with two attached hydrogens (primary N) is 1. The number of hydrogen-bond donors (Lipinski definition) is 1. The average molecular weight is 247 g/mol. The van der Waals surface area contributed by atoms with Crippen molar-refractivity contribution in [3.63, 3.8) is 0 Å². The molecule has 0 aromatic heterocycles. The van der Waals surface area contributed by atoms with Gasteiger partial charge >= 0.3 is 0 Å². The molecule has 0 fully saturated rings. The summed E-state index contributed by atoms with van der Waals surface area (Å²) in [6.45, 7) is 2.04. The molecule has 88 valence electrons. The Labute approximate surface area is 105 Å². The van der Waals surface area contributed by atoms with E-state index >= 15 is 0 Å². The highest BCUT2D eigenvalue weighted by Crippen LogP contribution is 2.27. The van der Waals surface area contributed by atoms with Crippen molar-refractivity contribution in [1.29, 1.82) is 0 Å². The van der Waals surface area contributed by atoms with Crippen molar-refractivity contribution in [2.75, 3.05) is 5.73 Å². The van der Waals surface area contributed by atoms with Gasteiger partial charge < -0.3 is 5.73 Å². The van der Waals surface area contributed by atoms with Crippen molar-refractivity contribution in [2.45, 2.75) is 17.6 Å². The van der Waals surface area contributed by atoms with Crippen LogP contribution in [0.4, 0.5) is 10.1 Å². The van der Waals surface area contributed by atoms with E-state index in [9.17, 15) is 4.39 Å². The van der Waals surface area contributed by atoms with Crippen LogP contribution in [0.2, 0.25) is 0 Å². The van der Waals surface area contributed by atoms with Gasteiger partial charge in [0.2, 0.25) is 0 Å². The fourth-order valence-electron chi connectivity index (χ4n) is 1.52. The minimum atomic E-state index is -0.232. The SMILES string of the molecule is Cc1ccc(SCc2c(N)cccc2F)cc1. The van der Waals surface area contributed by atoms with Crippen molar-refractivity contribution in [2.24, 2.45) is 0 Å². The topological polar surface area (TPSA) is 26.0 Å². The van der Waals surface area contributed by atoms with Gasteiger partial charge in [0.05, 0.1) is 0 Å². The molecule has 2 N–H and O–H groups in total. The normalized spacial score (nSPS) is 10.5. The lowest BCUT2D eigenvalue weighted by atomic mass is 10.2. The molecule has 0 spiro atoms. The van der Waals surface area contributed by atoms with E-state index in [0.29, 0.717) is 17.0 Å². The summed E-state index contributed by atoms with van der Waals surface area (Å²) in [7, 11) is 0. The molecule has 0 heterocycles. The van der Waals surface area contributed by atoms with Gasteiger partial charge in [-0.15, -0.1) is 11.8 Å². The Bertz CT molecular complexity index is 488. The van der Waals surface area contributed by atoms with Gasteiger partial charge in [-0.25, -0.2) is 4.39 Å². The first-order valence-electron chi connectivity index (χ1n) is 5.39. The zero-order chi connectivity index (χ0) is 12.3. The summed E-state index contributed by atoms with van der Waals surface area (Å²) >= 11 is 1.59. The van der Waals surface area contributed by atoms with E-state index in [4.69, 9.17) is 5.73 Å². The fraction of sp³-hybridized carbons (Fsp3) is 0.143. The lowest BCUT2D eigenvalue weighted by Crippen LogP contribution is -1.96. The van der Waals surface area contributed by atoms with Gasteiger partial charge in [0.15, 0.2) is 0 Å². The lowest BCUT2D eigenvalue weighted by Gasteiger charge is -2.06. The second-order valence-electron chi connectivity index (χ2n) is 3.91. The van der Waals surface area contributed by atoms with Gasteiger partial charge in [-0.1, -0.05) is 23.8 Å². The Balaban J connectivity index is 2.10. The van der Waals surface area contributed by atoms with Gasteiger partial charge in [0.25, 0.3) is 0 Å². The molecule has 3 heteroatoms. The number of hydrogen-bond acceptors (Lipinski definition) is 2. The van der Waals surface area contributed by atoms with Crippen molar-refractivity contribution in [1.82, 2.24) is 0 Å². The van der Waals surface area contributed by atoms with E-state index in [-0.39, 0.29) is 5.82 Å². The molecule has 0 amide bonds. The number of aryl methyl sites for hydroxylation is 1. The summed E-state index contributed by atoms with van der Waals surface area (Å²) in [5, 5.41) is 0. The third kappa shape index (κ3) is 3.01. The maximum Gasteiger partial charge on any atom is 0.129 e. The second-order valence-corrected chi connectivity index (χ2v) is 4.96.